The second-order valence-electron chi connectivity index (χ2n) is 6.41. The summed E-state index contributed by atoms with van der Waals surface area (Å²) in [5.74, 6) is 0.551. The highest BCUT2D eigenvalue weighted by molar-refractivity contribution is 8.00. The van der Waals surface area contributed by atoms with Gasteiger partial charge in [0.1, 0.15) is 0 Å². The SMILES string of the molecule is Sc1c(SC2CNC2)ccc(-c2ccc3ccncc3c2)c1-c1nn[nH]n1. The van der Waals surface area contributed by atoms with Gasteiger partial charge in [-0.1, -0.05) is 18.2 Å². The molecule has 0 bridgehead atoms. The summed E-state index contributed by atoms with van der Waals surface area (Å²) in [6.07, 6.45) is 3.68. The van der Waals surface area contributed by atoms with Crippen molar-refractivity contribution >= 4 is 35.2 Å². The molecular formula is C19H16N6S2. The molecule has 0 aliphatic carbocycles. The van der Waals surface area contributed by atoms with Gasteiger partial charge in [-0.25, -0.2) is 0 Å². The predicted molar refractivity (Wildman–Crippen MR) is 110 cm³/mol. The fourth-order valence-electron chi connectivity index (χ4n) is 3.18. The van der Waals surface area contributed by atoms with Gasteiger partial charge in [-0.2, -0.15) is 5.21 Å². The van der Waals surface area contributed by atoms with Crippen LogP contribution in [-0.2, 0) is 0 Å². The van der Waals surface area contributed by atoms with E-state index in [-0.39, 0.29) is 0 Å². The molecule has 4 aromatic rings. The van der Waals surface area contributed by atoms with Gasteiger partial charge in [0, 0.05) is 51.5 Å². The summed E-state index contributed by atoms with van der Waals surface area (Å²) < 4.78 is 0. The Kier molecular flexibility index (Phi) is 4.31. The standard InChI is InChI=1S/C19H16N6S2/c26-18-16(27-14-9-21-10-14)4-3-15(17(18)19-22-24-25-23-19)12-2-1-11-5-6-20-8-13(11)7-12/h1-8,14,21,26H,9-10H2,(H,22,23,24,25). The van der Waals surface area contributed by atoms with Gasteiger partial charge in [0.15, 0.2) is 0 Å². The fraction of sp³-hybridized carbons (Fsp3) is 0.158. The number of aromatic nitrogens is 5. The molecule has 0 unspecified atom stereocenters. The van der Waals surface area contributed by atoms with E-state index >= 15 is 0 Å². The summed E-state index contributed by atoms with van der Waals surface area (Å²) >= 11 is 6.69. The Bertz CT molecular complexity index is 1110. The molecule has 0 radical (unpaired) electrons. The maximum Gasteiger partial charge on any atom is 0.206 e. The zero-order chi connectivity index (χ0) is 18.2. The van der Waals surface area contributed by atoms with Gasteiger partial charge in [0.05, 0.1) is 0 Å². The summed E-state index contributed by atoms with van der Waals surface area (Å²) in [5, 5.41) is 20.9. The summed E-state index contributed by atoms with van der Waals surface area (Å²) in [4.78, 5) is 6.26. The number of nitrogens with one attached hydrogen (secondary N) is 2. The van der Waals surface area contributed by atoms with Gasteiger partial charge in [-0.15, -0.1) is 34.6 Å². The zero-order valence-corrected chi connectivity index (χ0v) is 16.0. The molecular weight excluding hydrogens is 376 g/mol. The first-order valence-electron chi connectivity index (χ1n) is 8.61. The van der Waals surface area contributed by atoms with Crippen LogP contribution in [0.25, 0.3) is 33.3 Å². The molecule has 0 spiro atoms. The number of benzene rings is 2. The number of rotatable bonds is 4. The zero-order valence-electron chi connectivity index (χ0n) is 14.3. The van der Waals surface area contributed by atoms with Gasteiger partial charge >= 0.3 is 0 Å². The van der Waals surface area contributed by atoms with E-state index < -0.39 is 0 Å². The highest BCUT2D eigenvalue weighted by Gasteiger charge is 2.23. The van der Waals surface area contributed by atoms with Crippen LogP contribution in [0.2, 0.25) is 0 Å². The third-order valence-corrected chi connectivity index (χ3v) is 6.58. The average Bonchev–Trinajstić information content (AvgIpc) is 3.19. The molecule has 134 valence electrons. The first-order chi connectivity index (χ1) is 13.3. The van der Waals surface area contributed by atoms with Crippen molar-refractivity contribution in [3.05, 3.63) is 48.8 Å². The molecule has 27 heavy (non-hydrogen) atoms. The lowest BCUT2D eigenvalue weighted by atomic mass is 9.97. The topological polar surface area (TPSA) is 79.4 Å². The van der Waals surface area contributed by atoms with Crippen molar-refractivity contribution in [2.24, 2.45) is 0 Å². The number of tetrazole rings is 1. The van der Waals surface area contributed by atoms with Crippen LogP contribution in [0.15, 0.2) is 58.6 Å². The highest BCUT2D eigenvalue weighted by Crippen LogP contribution is 2.42. The molecule has 6 nitrogen and oxygen atoms in total. The lowest BCUT2D eigenvalue weighted by Crippen LogP contribution is -2.44. The third-order valence-electron chi connectivity index (χ3n) is 4.70. The first kappa shape index (κ1) is 16.7. The molecule has 5 rings (SSSR count). The van der Waals surface area contributed by atoms with E-state index in [0.29, 0.717) is 11.1 Å². The van der Waals surface area contributed by atoms with Crippen molar-refractivity contribution in [2.75, 3.05) is 13.1 Å². The number of H-pyrrole nitrogens is 1. The van der Waals surface area contributed by atoms with Crippen molar-refractivity contribution in [1.82, 2.24) is 30.9 Å². The molecule has 2 aromatic carbocycles. The van der Waals surface area contributed by atoms with Gasteiger partial charge < -0.3 is 5.32 Å². The number of hydrogen-bond donors (Lipinski definition) is 3. The Morgan fingerprint density at radius 3 is 2.78 bits per heavy atom. The van der Waals surface area contributed by atoms with Gasteiger partial charge in [0.25, 0.3) is 0 Å². The van der Waals surface area contributed by atoms with Crippen molar-refractivity contribution in [3.63, 3.8) is 0 Å². The van der Waals surface area contributed by atoms with Gasteiger partial charge in [-0.3, -0.25) is 4.98 Å². The molecule has 1 aliphatic rings. The molecule has 1 saturated heterocycles. The number of hydrogen-bond acceptors (Lipinski definition) is 7. The maximum atomic E-state index is 4.85. The lowest BCUT2D eigenvalue weighted by Gasteiger charge is -2.27. The van der Waals surface area contributed by atoms with Crippen LogP contribution in [0, 0.1) is 0 Å². The molecule has 0 atom stereocenters. The maximum absolute atomic E-state index is 4.85. The Hall–Kier alpha value is -2.42. The lowest BCUT2D eigenvalue weighted by molar-refractivity contribution is 0.543. The quantitative estimate of drug-likeness (QED) is 0.462. The molecule has 2 N–H and O–H groups in total. The minimum atomic E-state index is 0.551. The molecule has 1 fully saturated rings. The largest absolute Gasteiger partial charge is 0.314 e. The Morgan fingerprint density at radius 2 is 2.00 bits per heavy atom. The van der Waals surface area contributed by atoms with Crippen molar-refractivity contribution < 1.29 is 0 Å². The number of thioether (sulfide) groups is 1. The van der Waals surface area contributed by atoms with Crippen LogP contribution < -0.4 is 5.32 Å². The first-order valence-corrected chi connectivity index (χ1v) is 9.93. The van der Waals surface area contributed by atoms with Crippen LogP contribution in [0.4, 0.5) is 0 Å². The van der Waals surface area contributed by atoms with Crippen LogP contribution in [-0.4, -0.2) is 43.9 Å². The van der Waals surface area contributed by atoms with Crippen molar-refractivity contribution in [1.29, 1.82) is 0 Å². The van der Waals surface area contributed by atoms with Crippen LogP contribution in [0.3, 0.4) is 0 Å². The summed E-state index contributed by atoms with van der Waals surface area (Å²) in [6.45, 7) is 2.05. The number of thiol groups is 1. The Morgan fingerprint density at radius 1 is 1.07 bits per heavy atom. The van der Waals surface area contributed by atoms with Crippen LogP contribution >= 0.6 is 24.4 Å². The number of nitrogens with zero attached hydrogens (tertiary/aromatic N) is 4. The second-order valence-corrected chi connectivity index (χ2v) is 8.20. The van der Waals surface area contributed by atoms with Crippen molar-refractivity contribution in [3.8, 4) is 22.5 Å². The Labute approximate surface area is 165 Å². The van der Waals surface area contributed by atoms with Crippen molar-refractivity contribution in [2.45, 2.75) is 15.0 Å². The molecule has 3 heterocycles. The van der Waals surface area contributed by atoms with E-state index in [1.807, 2.05) is 24.0 Å². The molecule has 0 amide bonds. The molecule has 2 aromatic heterocycles. The third kappa shape index (κ3) is 3.09. The van der Waals surface area contributed by atoms with E-state index in [0.717, 1.165) is 50.3 Å². The van der Waals surface area contributed by atoms with Crippen LogP contribution in [0.1, 0.15) is 0 Å². The number of pyridine rings is 1. The summed E-state index contributed by atoms with van der Waals surface area (Å²) in [7, 11) is 0. The van der Waals surface area contributed by atoms with E-state index in [4.69, 9.17) is 12.6 Å². The molecule has 8 heteroatoms. The predicted octanol–water partition coefficient (Wildman–Crippen LogP) is 3.43. The second kappa shape index (κ2) is 6.95. The minimum absolute atomic E-state index is 0.551. The fourth-order valence-corrected chi connectivity index (χ4v) is 4.75. The Balaban J connectivity index is 1.67. The highest BCUT2D eigenvalue weighted by atomic mass is 32.2. The summed E-state index contributed by atoms with van der Waals surface area (Å²) in [6, 6.07) is 12.6. The normalized spacial score (nSPS) is 14.4. The monoisotopic (exact) mass is 392 g/mol. The van der Waals surface area contributed by atoms with Gasteiger partial charge in [-0.05, 0) is 39.9 Å². The molecule has 1 aliphatic heterocycles. The van der Waals surface area contributed by atoms with E-state index in [2.05, 4.69) is 61.3 Å². The smallest absolute Gasteiger partial charge is 0.206 e. The van der Waals surface area contributed by atoms with E-state index in [1.165, 1.54) is 0 Å². The minimum Gasteiger partial charge on any atom is -0.314 e. The number of aromatic amines is 1. The average molecular weight is 393 g/mol. The van der Waals surface area contributed by atoms with E-state index in [9.17, 15) is 0 Å². The number of fused-ring (bicyclic) bond motifs is 1. The molecule has 0 saturated carbocycles. The van der Waals surface area contributed by atoms with Gasteiger partial charge in [0.2, 0.25) is 5.82 Å². The summed E-state index contributed by atoms with van der Waals surface area (Å²) in [5.41, 5.74) is 3.00. The van der Waals surface area contributed by atoms with E-state index in [1.54, 1.807) is 6.20 Å². The van der Waals surface area contributed by atoms with Crippen LogP contribution in [0.5, 0.6) is 0 Å².